The number of nitrogens with zero attached hydrogens (tertiary/aromatic N) is 1. The minimum absolute atomic E-state index is 0.134. The first-order valence-corrected chi connectivity index (χ1v) is 7.14. The van der Waals surface area contributed by atoms with Crippen LogP contribution in [0.15, 0.2) is 48.5 Å². The molecule has 0 saturated heterocycles. The molecule has 104 valence electrons. The van der Waals surface area contributed by atoms with Crippen LogP contribution in [0.3, 0.4) is 0 Å². The van der Waals surface area contributed by atoms with Gasteiger partial charge in [0.2, 0.25) is 5.78 Å². The highest BCUT2D eigenvalue weighted by molar-refractivity contribution is 7.20. The molecule has 0 aliphatic rings. The zero-order chi connectivity index (χ0) is 14.8. The van der Waals surface area contributed by atoms with Crippen molar-refractivity contribution in [3.05, 3.63) is 59.1 Å². The van der Waals surface area contributed by atoms with Crippen LogP contribution in [-0.2, 0) is 4.79 Å². The summed E-state index contributed by atoms with van der Waals surface area (Å²) in [4.78, 5) is 27.6. The van der Waals surface area contributed by atoms with Gasteiger partial charge < -0.3 is 4.74 Å². The number of aromatic nitrogens is 1. The SMILES string of the molecule is CC(=O)Oc1ccc(C(=O)c2nc3ccccc3s2)cc1. The number of benzene rings is 2. The Balaban J connectivity index is 1.89. The second-order valence-corrected chi connectivity index (χ2v) is 5.46. The van der Waals surface area contributed by atoms with Crippen molar-refractivity contribution in [2.24, 2.45) is 0 Å². The largest absolute Gasteiger partial charge is 0.427 e. The van der Waals surface area contributed by atoms with E-state index in [0.29, 0.717) is 16.3 Å². The number of carbonyl (C=O) groups is 2. The minimum Gasteiger partial charge on any atom is -0.427 e. The van der Waals surface area contributed by atoms with Gasteiger partial charge in [0.05, 0.1) is 10.2 Å². The van der Waals surface area contributed by atoms with Gasteiger partial charge >= 0.3 is 5.97 Å². The van der Waals surface area contributed by atoms with Crippen molar-refractivity contribution in [3.63, 3.8) is 0 Å². The summed E-state index contributed by atoms with van der Waals surface area (Å²) in [6, 6.07) is 14.1. The maximum atomic E-state index is 12.4. The van der Waals surface area contributed by atoms with E-state index in [1.54, 1.807) is 24.3 Å². The average molecular weight is 297 g/mol. The quantitative estimate of drug-likeness (QED) is 0.422. The maximum Gasteiger partial charge on any atom is 0.308 e. The average Bonchev–Trinajstić information content (AvgIpc) is 2.90. The van der Waals surface area contributed by atoms with E-state index in [2.05, 4.69) is 4.98 Å². The maximum absolute atomic E-state index is 12.4. The topological polar surface area (TPSA) is 56.3 Å². The number of rotatable bonds is 3. The van der Waals surface area contributed by atoms with Crippen LogP contribution in [0, 0.1) is 0 Å². The van der Waals surface area contributed by atoms with E-state index in [0.717, 1.165) is 10.2 Å². The predicted molar refractivity (Wildman–Crippen MR) is 80.8 cm³/mol. The van der Waals surface area contributed by atoms with Crippen molar-refractivity contribution < 1.29 is 14.3 Å². The van der Waals surface area contributed by atoms with Crippen LogP contribution in [0.4, 0.5) is 0 Å². The summed E-state index contributed by atoms with van der Waals surface area (Å²) in [5, 5.41) is 0.455. The molecule has 1 heterocycles. The smallest absolute Gasteiger partial charge is 0.308 e. The molecule has 0 radical (unpaired) electrons. The number of hydrogen-bond donors (Lipinski definition) is 0. The van der Waals surface area contributed by atoms with E-state index in [1.807, 2.05) is 24.3 Å². The normalized spacial score (nSPS) is 10.5. The van der Waals surface area contributed by atoms with Gasteiger partial charge in [0, 0.05) is 12.5 Å². The molecule has 0 saturated carbocycles. The number of para-hydroxylation sites is 1. The summed E-state index contributed by atoms with van der Waals surface area (Å²) in [6.07, 6.45) is 0. The zero-order valence-corrected chi connectivity index (χ0v) is 12.0. The minimum atomic E-state index is -0.389. The van der Waals surface area contributed by atoms with Gasteiger partial charge in [0.15, 0.2) is 5.01 Å². The number of carbonyl (C=O) groups excluding carboxylic acids is 2. The molecule has 2 aromatic carbocycles. The van der Waals surface area contributed by atoms with E-state index >= 15 is 0 Å². The molecule has 0 atom stereocenters. The summed E-state index contributed by atoms with van der Waals surface area (Å²) >= 11 is 1.37. The molecule has 0 unspecified atom stereocenters. The second-order valence-electron chi connectivity index (χ2n) is 4.43. The Morgan fingerprint density at radius 1 is 1.05 bits per heavy atom. The molecule has 21 heavy (non-hydrogen) atoms. The highest BCUT2D eigenvalue weighted by atomic mass is 32.1. The lowest BCUT2D eigenvalue weighted by molar-refractivity contribution is -0.131. The van der Waals surface area contributed by atoms with Gasteiger partial charge in [-0.2, -0.15) is 0 Å². The lowest BCUT2D eigenvalue weighted by atomic mass is 10.1. The Morgan fingerprint density at radius 2 is 1.76 bits per heavy atom. The summed E-state index contributed by atoms with van der Waals surface area (Å²) in [7, 11) is 0. The van der Waals surface area contributed by atoms with Crippen LogP contribution in [0.5, 0.6) is 5.75 Å². The third-order valence-electron chi connectivity index (χ3n) is 2.87. The van der Waals surface area contributed by atoms with E-state index < -0.39 is 0 Å². The first-order chi connectivity index (χ1) is 10.1. The Morgan fingerprint density at radius 3 is 2.43 bits per heavy atom. The molecular formula is C16H11NO3S. The van der Waals surface area contributed by atoms with Crippen molar-refractivity contribution in [3.8, 4) is 5.75 Å². The summed E-state index contributed by atoms with van der Waals surface area (Å²) in [5.74, 6) is -0.103. The number of ketones is 1. The number of esters is 1. The van der Waals surface area contributed by atoms with Gasteiger partial charge in [-0.25, -0.2) is 4.98 Å². The van der Waals surface area contributed by atoms with Crippen LogP contribution in [0.25, 0.3) is 10.2 Å². The van der Waals surface area contributed by atoms with Gasteiger partial charge in [0.1, 0.15) is 5.75 Å². The van der Waals surface area contributed by atoms with Gasteiger partial charge in [-0.1, -0.05) is 12.1 Å². The fraction of sp³-hybridized carbons (Fsp3) is 0.0625. The molecule has 0 bridgehead atoms. The Labute approximate surface area is 125 Å². The van der Waals surface area contributed by atoms with Crippen LogP contribution in [0.1, 0.15) is 22.3 Å². The number of ether oxygens (including phenoxy) is 1. The molecule has 0 fully saturated rings. The molecule has 5 heteroatoms. The fourth-order valence-electron chi connectivity index (χ4n) is 1.93. The molecule has 1 aromatic heterocycles. The van der Waals surface area contributed by atoms with E-state index in [9.17, 15) is 9.59 Å². The molecule has 0 aliphatic carbocycles. The molecular weight excluding hydrogens is 286 g/mol. The fourth-order valence-corrected chi connectivity index (χ4v) is 2.86. The Bertz CT molecular complexity index is 788. The summed E-state index contributed by atoms with van der Waals surface area (Å²) in [6.45, 7) is 1.33. The molecule has 0 spiro atoms. The van der Waals surface area contributed by atoms with Crippen molar-refractivity contribution in [1.82, 2.24) is 4.98 Å². The lowest BCUT2D eigenvalue weighted by Gasteiger charge is -2.01. The van der Waals surface area contributed by atoms with Crippen LogP contribution >= 0.6 is 11.3 Å². The third-order valence-corrected chi connectivity index (χ3v) is 3.90. The monoisotopic (exact) mass is 297 g/mol. The molecule has 3 rings (SSSR count). The van der Waals surface area contributed by atoms with Crippen molar-refractivity contribution in [2.45, 2.75) is 6.92 Å². The van der Waals surface area contributed by atoms with Gasteiger partial charge in [-0.15, -0.1) is 11.3 Å². The van der Waals surface area contributed by atoms with Gasteiger partial charge in [-0.05, 0) is 36.4 Å². The molecule has 0 amide bonds. The molecule has 4 nitrogen and oxygen atoms in total. The van der Waals surface area contributed by atoms with Crippen molar-refractivity contribution in [1.29, 1.82) is 0 Å². The number of hydrogen-bond acceptors (Lipinski definition) is 5. The Hall–Kier alpha value is -2.53. The summed E-state index contributed by atoms with van der Waals surface area (Å²) < 4.78 is 5.92. The van der Waals surface area contributed by atoms with Crippen molar-refractivity contribution >= 4 is 33.3 Å². The van der Waals surface area contributed by atoms with E-state index in [-0.39, 0.29) is 11.8 Å². The van der Waals surface area contributed by atoms with Gasteiger partial charge in [0.25, 0.3) is 0 Å². The molecule has 0 aliphatic heterocycles. The highest BCUT2D eigenvalue weighted by Gasteiger charge is 2.14. The number of fused-ring (bicyclic) bond motifs is 1. The standard InChI is InChI=1S/C16H11NO3S/c1-10(18)20-12-8-6-11(7-9-12)15(19)16-17-13-4-2-3-5-14(13)21-16/h2-9H,1H3. The van der Waals surface area contributed by atoms with Crippen LogP contribution in [0.2, 0.25) is 0 Å². The van der Waals surface area contributed by atoms with E-state index in [1.165, 1.54) is 18.3 Å². The summed E-state index contributed by atoms with van der Waals surface area (Å²) in [5.41, 5.74) is 1.34. The highest BCUT2D eigenvalue weighted by Crippen LogP contribution is 2.24. The lowest BCUT2D eigenvalue weighted by Crippen LogP contribution is -2.03. The zero-order valence-electron chi connectivity index (χ0n) is 11.2. The second kappa shape index (κ2) is 5.46. The molecule has 0 N–H and O–H groups in total. The Kier molecular flexibility index (Phi) is 3.50. The first kappa shape index (κ1) is 13.5. The van der Waals surface area contributed by atoms with Crippen LogP contribution < -0.4 is 4.74 Å². The third kappa shape index (κ3) is 2.83. The number of thiazole rings is 1. The van der Waals surface area contributed by atoms with Crippen molar-refractivity contribution in [2.75, 3.05) is 0 Å². The van der Waals surface area contributed by atoms with Gasteiger partial charge in [-0.3, -0.25) is 9.59 Å². The first-order valence-electron chi connectivity index (χ1n) is 6.32. The molecule has 3 aromatic rings. The van der Waals surface area contributed by atoms with E-state index in [4.69, 9.17) is 4.74 Å². The van der Waals surface area contributed by atoms with Crippen LogP contribution in [-0.4, -0.2) is 16.7 Å². The predicted octanol–water partition coefficient (Wildman–Crippen LogP) is 3.45.